The molecule has 0 aromatic carbocycles. The molecule has 0 bridgehead atoms. The van der Waals surface area contributed by atoms with Crippen molar-refractivity contribution in [2.24, 2.45) is 5.92 Å². The molecular weight excluding hydrogens is 455 g/mol. The number of likely N-dealkylation sites (tertiary alicyclic amines) is 1. The predicted octanol–water partition coefficient (Wildman–Crippen LogP) is 4.18. The Kier molecular flexibility index (Phi) is 11.3. The van der Waals surface area contributed by atoms with E-state index in [1.54, 1.807) is 0 Å². The van der Waals surface area contributed by atoms with Gasteiger partial charge in [-0.15, -0.1) is 0 Å². The van der Waals surface area contributed by atoms with Crippen molar-refractivity contribution in [1.29, 1.82) is 5.26 Å². The van der Waals surface area contributed by atoms with Crippen molar-refractivity contribution in [2.75, 3.05) is 19.6 Å². The summed E-state index contributed by atoms with van der Waals surface area (Å²) in [5.74, 6) is 0.367. The summed E-state index contributed by atoms with van der Waals surface area (Å²) in [7, 11) is 0. The Morgan fingerprint density at radius 2 is 1.86 bits per heavy atom. The maximum absolute atomic E-state index is 12.8. The standard InChI is InChI=1S/C26H40F3N5O/c1-5-7-22(31-17-20-14-24(15-20)33-25(35)6-2)9-8-21(16-30)18(3)34-12-10-23(11-13-34)32-19(4)26(27,28)29/h6,8-9,18-20,23-24,31-32H,2,5,7,10-15,17H2,1,3-4H3,(H,33,35)/b21-8+,22-9+/t18?,19?,20-,24+. The number of amides is 1. The lowest BCUT2D eigenvalue weighted by Gasteiger charge is -2.37. The van der Waals surface area contributed by atoms with Crippen LogP contribution in [0.1, 0.15) is 59.3 Å². The summed E-state index contributed by atoms with van der Waals surface area (Å²) >= 11 is 0. The van der Waals surface area contributed by atoms with Gasteiger partial charge in [0.15, 0.2) is 0 Å². The first-order chi connectivity index (χ1) is 16.6. The van der Waals surface area contributed by atoms with Crippen molar-refractivity contribution >= 4 is 5.91 Å². The highest BCUT2D eigenvalue weighted by atomic mass is 19.4. The van der Waals surface area contributed by atoms with E-state index in [2.05, 4.69) is 40.4 Å². The summed E-state index contributed by atoms with van der Waals surface area (Å²) in [5, 5.41) is 18.9. The Morgan fingerprint density at radius 1 is 1.20 bits per heavy atom. The number of nitriles is 1. The molecule has 0 aromatic heterocycles. The van der Waals surface area contributed by atoms with E-state index in [-0.39, 0.29) is 24.0 Å². The van der Waals surface area contributed by atoms with E-state index in [0.29, 0.717) is 37.4 Å². The van der Waals surface area contributed by atoms with Gasteiger partial charge in [0.05, 0.1) is 6.07 Å². The molecule has 0 radical (unpaired) electrons. The molecule has 35 heavy (non-hydrogen) atoms. The van der Waals surface area contributed by atoms with Crippen LogP contribution in [0.15, 0.2) is 36.1 Å². The second-order valence-corrected chi connectivity index (χ2v) is 9.72. The number of hydrogen-bond acceptors (Lipinski definition) is 5. The summed E-state index contributed by atoms with van der Waals surface area (Å²) in [6.45, 7) is 10.8. The molecule has 2 unspecified atom stereocenters. The number of rotatable bonds is 12. The van der Waals surface area contributed by atoms with Crippen LogP contribution in [0.25, 0.3) is 0 Å². The molecule has 1 aliphatic carbocycles. The van der Waals surface area contributed by atoms with Crippen LogP contribution in [0, 0.1) is 17.2 Å². The van der Waals surface area contributed by atoms with E-state index in [0.717, 1.165) is 44.8 Å². The van der Waals surface area contributed by atoms with Crippen LogP contribution >= 0.6 is 0 Å². The molecule has 2 aliphatic rings. The number of nitrogens with zero attached hydrogens (tertiary/aromatic N) is 2. The molecule has 1 amide bonds. The van der Waals surface area contributed by atoms with Gasteiger partial charge in [-0.3, -0.25) is 9.69 Å². The van der Waals surface area contributed by atoms with Crippen molar-refractivity contribution in [1.82, 2.24) is 20.9 Å². The molecule has 1 saturated carbocycles. The number of nitrogens with one attached hydrogen (secondary N) is 3. The van der Waals surface area contributed by atoms with Gasteiger partial charge in [0.1, 0.15) is 6.04 Å². The van der Waals surface area contributed by atoms with Gasteiger partial charge in [0.2, 0.25) is 5.91 Å². The third-order valence-electron chi connectivity index (χ3n) is 7.00. The number of alkyl halides is 3. The van der Waals surface area contributed by atoms with Crippen molar-refractivity contribution in [2.45, 2.75) is 89.6 Å². The minimum atomic E-state index is -4.24. The largest absolute Gasteiger partial charge is 0.403 e. The molecular formula is C26H40F3N5O. The summed E-state index contributed by atoms with van der Waals surface area (Å²) in [6, 6.07) is 0.748. The van der Waals surface area contributed by atoms with Gasteiger partial charge in [-0.25, -0.2) is 0 Å². The van der Waals surface area contributed by atoms with E-state index < -0.39 is 12.2 Å². The first kappa shape index (κ1) is 28.9. The fraction of sp³-hybridized carbons (Fsp3) is 0.692. The molecule has 2 atom stereocenters. The number of carbonyl (C=O) groups excluding carboxylic acids is 1. The minimum absolute atomic E-state index is 0.0963. The molecule has 196 valence electrons. The van der Waals surface area contributed by atoms with E-state index in [1.165, 1.54) is 6.08 Å². The fourth-order valence-corrected chi connectivity index (χ4v) is 4.61. The summed E-state index contributed by atoms with van der Waals surface area (Å²) in [4.78, 5) is 13.5. The quantitative estimate of drug-likeness (QED) is 0.215. The Labute approximate surface area is 207 Å². The van der Waals surface area contributed by atoms with Crippen LogP contribution in [0.2, 0.25) is 0 Å². The molecule has 0 spiro atoms. The second-order valence-electron chi connectivity index (χ2n) is 9.72. The molecule has 0 aromatic rings. The smallest absolute Gasteiger partial charge is 0.388 e. The normalized spacial score (nSPS) is 24.1. The monoisotopic (exact) mass is 495 g/mol. The molecule has 3 N–H and O–H groups in total. The zero-order valence-corrected chi connectivity index (χ0v) is 21.1. The van der Waals surface area contributed by atoms with E-state index in [9.17, 15) is 23.2 Å². The number of carbonyl (C=O) groups is 1. The van der Waals surface area contributed by atoms with E-state index >= 15 is 0 Å². The van der Waals surface area contributed by atoms with Gasteiger partial charge in [-0.05, 0) is 70.1 Å². The first-order valence-corrected chi connectivity index (χ1v) is 12.6. The number of piperidine rings is 1. The number of halogens is 3. The van der Waals surface area contributed by atoms with Crippen molar-refractivity contribution in [3.05, 3.63) is 36.1 Å². The molecule has 6 nitrogen and oxygen atoms in total. The summed E-state index contributed by atoms with van der Waals surface area (Å²) in [6.07, 6.45) is 5.88. The van der Waals surface area contributed by atoms with E-state index in [4.69, 9.17) is 0 Å². The third kappa shape index (κ3) is 9.34. The van der Waals surface area contributed by atoms with Crippen molar-refractivity contribution < 1.29 is 18.0 Å². The van der Waals surface area contributed by atoms with Gasteiger partial charge in [0, 0.05) is 49.0 Å². The van der Waals surface area contributed by atoms with Crippen molar-refractivity contribution in [3.8, 4) is 6.07 Å². The molecule has 1 aliphatic heterocycles. The van der Waals surface area contributed by atoms with Crippen LogP contribution < -0.4 is 16.0 Å². The Morgan fingerprint density at radius 3 is 2.40 bits per heavy atom. The SMILES string of the molecule is C=CC(=O)N[C@H]1C[C@@H](CN/C(=C/C=C(\C#N)C(C)N2CCC(NC(C)C(F)(F)F)CC2)CCC)C1. The molecule has 1 saturated heterocycles. The van der Waals surface area contributed by atoms with Crippen LogP contribution in [0.5, 0.6) is 0 Å². The van der Waals surface area contributed by atoms with Gasteiger partial charge >= 0.3 is 6.18 Å². The lowest BCUT2D eigenvalue weighted by atomic mass is 9.80. The Bertz CT molecular complexity index is 803. The highest BCUT2D eigenvalue weighted by Crippen LogP contribution is 2.27. The van der Waals surface area contributed by atoms with E-state index in [1.807, 2.05) is 19.1 Å². The van der Waals surface area contributed by atoms with Gasteiger partial charge in [-0.2, -0.15) is 18.4 Å². The Balaban J connectivity index is 1.86. The minimum Gasteiger partial charge on any atom is -0.388 e. The lowest BCUT2D eigenvalue weighted by Crippen LogP contribution is -2.51. The molecule has 2 rings (SSSR count). The van der Waals surface area contributed by atoms with Gasteiger partial charge in [0.25, 0.3) is 0 Å². The summed E-state index contributed by atoms with van der Waals surface area (Å²) < 4.78 is 38.5. The Hall–Kier alpha value is -2.31. The highest BCUT2D eigenvalue weighted by Gasteiger charge is 2.37. The van der Waals surface area contributed by atoms with Crippen molar-refractivity contribution in [3.63, 3.8) is 0 Å². The number of hydrogen-bond donors (Lipinski definition) is 3. The maximum atomic E-state index is 12.8. The maximum Gasteiger partial charge on any atom is 0.403 e. The first-order valence-electron chi connectivity index (χ1n) is 12.6. The van der Waals surface area contributed by atoms with Gasteiger partial charge < -0.3 is 16.0 Å². The molecule has 9 heteroatoms. The average molecular weight is 496 g/mol. The van der Waals surface area contributed by atoms with Crippen LogP contribution in [-0.4, -0.2) is 60.8 Å². The zero-order valence-electron chi connectivity index (χ0n) is 21.1. The number of allylic oxidation sites excluding steroid dienone is 3. The second kappa shape index (κ2) is 13.7. The van der Waals surface area contributed by atoms with Gasteiger partial charge in [-0.1, -0.05) is 19.9 Å². The highest BCUT2D eigenvalue weighted by molar-refractivity contribution is 5.87. The average Bonchev–Trinajstić information content (AvgIpc) is 2.79. The molecule has 2 fully saturated rings. The third-order valence-corrected chi connectivity index (χ3v) is 7.00. The molecule has 1 heterocycles. The lowest BCUT2D eigenvalue weighted by molar-refractivity contribution is -0.154. The topological polar surface area (TPSA) is 80.2 Å². The fourth-order valence-electron chi connectivity index (χ4n) is 4.61. The van der Waals surface area contributed by atoms with Crippen LogP contribution in [-0.2, 0) is 4.79 Å². The van der Waals surface area contributed by atoms with Crippen LogP contribution in [0.3, 0.4) is 0 Å². The summed E-state index contributed by atoms with van der Waals surface area (Å²) in [5.41, 5.74) is 1.72. The predicted molar refractivity (Wildman–Crippen MR) is 132 cm³/mol. The van der Waals surface area contributed by atoms with Crippen LogP contribution in [0.4, 0.5) is 13.2 Å². The zero-order chi connectivity index (χ0) is 26.0.